The molecule has 0 spiro atoms. The van der Waals surface area contributed by atoms with Crippen LogP contribution in [0.1, 0.15) is 19.3 Å². The third kappa shape index (κ3) is 4.11. The van der Waals surface area contributed by atoms with Crippen molar-refractivity contribution in [3.63, 3.8) is 0 Å². The Morgan fingerprint density at radius 3 is 2.45 bits per heavy atom. The predicted molar refractivity (Wildman–Crippen MR) is 113 cm³/mol. The number of anilines is 1. The van der Waals surface area contributed by atoms with Gasteiger partial charge in [-0.05, 0) is 49.6 Å². The normalized spacial score (nSPS) is 14.4. The number of ether oxygens (including phenoxy) is 1. The van der Waals surface area contributed by atoms with Crippen molar-refractivity contribution in [2.45, 2.75) is 29.2 Å². The van der Waals surface area contributed by atoms with Crippen LogP contribution in [0.25, 0.3) is 11.5 Å². The molecule has 2 heterocycles. The van der Waals surface area contributed by atoms with Crippen LogP contribution in [0.2, 0.25) is 0 Å². The van der Waals surface area contributed by atoms with E-state index >= 15 is 0 Å². The molecule has 1 saturated heterocycles. The van der Waals surface area contributed by atoms with Gasteiger partial charge in [0.1, 0.15) is 5.75 Å². The number of piperidine rings is 1. The van der Waals surface area contributed by atoms with E-state index in [1.807, 2.05) is 4.90 Å². The van der Waals surface area contributed by atoms with E-state index in [0.29, 0.717) is 24.4 Å². The summed E-state index contributed by atoms with van der Waals surface area (Å²) in [6.07, 6.45) is 2.88. The fourth-order valence-electron chi connectivity index (χ4n) is 3.51. The first kappa shape index (κ1) is 20.9. The summed E-state index contributed by atoms with van der Waals surface area (Å²) in [7, 11) is -2.49. The monoisotopic (exact) mass is 443 g/mol. The van der Waals surface area contributed by atoms with Crippen LogP contribution in [0.4, 0.5) is 11.6 Å². The lowest BCUT2D eigenvalue weighted by Gasteiger charge is -2.26. The lowest BCUT2D eigenvalue weighted by atomic mass is 10.1. The summed E-state index contributed by atoms with van der Waals surface area (Å²) in [5, 5.41) is 10.9. The van der Waals surface area contributed by atoms with E-state index in [1.165, 1.54) is 37.4 Å². The van der Waals surface area contributed by atoms with Gasteiger partial charge in [-0.1, -0.05) is 6.07 Å². The molecule has 0 N–H and O–H groups in total. The van der Waals surface area contributed by atoms with Crippen LogP contribution in [0.15, 0.2) is 62.9 Å². The van der Waals surface area contributed by atoms with E-state index in [4.69, 9.17) is 9.15 Å². The summed E-state index contributed by atoms with van der Waals surface area (Å²) in [5.41, 5.74) is 0.207. The molecule has 1 aromatic heterocycles. The summed E-state index contributed by atoms with van der Waals surface area (Å²) in [4.78, 5) is 16.8. The Morgan fingerprint density at radius 2 is 1.81 bits per heavy atom. The highest BCUT2D eigenvalue weighted by Gasteiger charge is 2.32. The summed E-state index contributed by atoms with van der Waals surface area (Å²) < 4.78 is 37.9. The molecule has 1 aliphatic rings. The highest BCUT2D eigenvalue weighted by Crippen LogP contribution is 2.36. The molecule has 4 rings (SSSR count). The number of nitrogens with zero attached hydrogens (tertiary/aromatic N) is 3. The highest BCUT2D eigenvalue weighted by molar-refractivity contribution is 7.91. The number of aromatic nitrogens is 1. The van der Waals surface area contributed by atoms with Crippen molar-refractivity contribution in [2.24, 2.45) is 0 Å². The van der Waals surface area contributed by atoms with E-state index in [0.717, 1.165) is 19.3 Å². The van der Waals surface area contributed by atoms with E-state index < -0.39 is 14.8 Å². The smallest absolute Gasteiger partial charge is 0.270 e. The number of sulfone groups is 1. The minimum absolute atomic E-state index is 0.0244. The summed E-state index contributed by atoms with van der Waals surface area (Å²) in [5.74, 6) is 0.723. The minimum atomic E-state index is -3.99. The molecular weight excluding hydrogens is 422 g/mol. The lowest BCUT2D eigenvalue weighted by Crippen LogP contribution is -2.30. The van der Waals surface area contributed by atoms with Crippen molar-refractivity contribution < 1.29 is 22.5 Å². The summed E-state index contributed by atoms with van der Waals surface area (Å²) in [6.45, 7) is 1.30. The molecule has 0 radical (unpaired) electrons. The quantitative estimate of drug-likeness (QED) is 0.413. The molecule has 0 aliphatic carbocycles. The topological polar surface area (TPSA) is 116 Å². The Kier molecular flexibility index (Phi) is 5.64. The van der Waals surface area contributed by atoms with Crippen molar-refractivity contribution in [3.8, 4) is 17.2 Å². The third-order valence-electron chi connectivity index (χ3n) is 5.15. The molecule has 0 bridgehead atoms. The lowest BCUT2D eigenvalue weighted by molar-refractivity contribution is -0.384. The number of hydrogen-bond acceptors (Lipinski definition) is 8. The van der Waals surface area contributed by atoms with Gasteiger partial charge in [0.15, 0.2) is 0 Å². The zero-order valence-corrected chi connectivity index (χ0v) is 17.7. The van der Waals surface area contributed by atoms with Crippen molar-refractivity contribution in [2.75, 3.05) is 25.1 Å². The first-order chi connectivity index (χ1) is 14.9. The largest absolute Gasteiger partial charge is 0.497 e. The molecule has 9 nitrogen and oxygen atoms in total. The van der Waals surface area contributed by atoms with Crippen molar-refractivity contribution in [1.29, 1.82) is 0 Å². The number of rotatable bonds is 6. The van der Waals surface area contributed by atoms with Crippen LogP contribution < -0.4 is 9.64 Å². The van der Waals surface area contributed by atoms with Gasteiger partial charge in [0.05, 0.1) is 16.9 Å². The van der Waals surface area contributed by atoms with Crippen molar-refractivity contribution in [1.82, 2.24) is 4.98 Å². The van der Waals surface area contributed by atoms with E-state index in [1.54, 1.807) is 18.2 Å². The Balaban J connectivity index is 1.83. The second-order valence-corrected chi connectivity index (χ2v) is 9.03. The molecule has 0 amide bonds. The molecule has 1 fully saturated rings. The number of methoxy groups -OCH3 is 1. The zero-order valence-electron chi connectivity index (χ0n) is 16.9. The van der Waals surface area contributed by atoms with Crippen LogP contribution in [0, 0.1) is 10.1 Å². The number of non-ortho nitro benzene ring substituents is 1. The highest BCUT2D eigenvalue weighted by atomic mass is 32.2. The Morgan fingerprint density at radius 1 is 1.10 bits per heavy atom. The third-order valence-corrected chi connectivity index (χ3v) is 6.82. The summed E-state index contributed by atoms with van der Waals surface area (Å²) >= 11 is 0. The van der Waals surface area contributed by atoms with E-state index in [9.17, 15) is 18.5 Å². The number of hydrogen-bond donors (Lipinski definition) is 0. The minimum Gasteiger partial charge on any atom is -0.497 e. The molecule has 10 heteroatoms. The Hall–Kier alpha value is -3.40. The number of benzene rings is 2. The van der Waals surface area contributed by atoms with E-state index in [-0.39, 0.29) is 27.4 Å². The van der Waals surface area contributed by atoms with Crippen LogP contribution >= 0.6 is 0 Å². The number of nitro groups is 1. The van der Waals surface area contributed by atoms with Crippen LogP contribution in [-0.4, -0.2) is 38.5 Å². The average molecular weight is 443 g/mol. The fraction of sp³-hybridized carbons (Fsp3) is 0.286. The standard InChI is InChI=1S/C21H21N3O6S/c1-29-17-8-10-18(11-9-17)31(27,28)20-21(23-12-3-2-4-13-23)30-19(22-20)15-6-5-7-16(14-15)24(25)26/h5-11,14H,2-4,12-13H2,1H3. The molecule has 0 saturated carbocycles. The predicted octanol–water partition coefficient (Wildman–Crippen LogP) is 4.08. The van der Waals surface area contributed by atoms with Crippen LogP contribution in [-0.2, 0) is 9.84 Å². The van der Waals surface area contributed by atoms with Crippen molar-refractivity contribution in [3.05, 3.63) is 58.6 Å². The molecule has 2 aromatic carbocycles. The second-order valence-electron chi connectivity index (χ2n) is 7.16. The molecule has 0 unspecified atom stereocenters. The SMILES string of the molecule is COc1ccc(S(=O)(=O)c2nc(-c3cccc([N+](=O)[O-])c3)oc2N2CCCCC2)cc1. The van der Waals surface area contributed by atoms with Gasteiger partial charge in [-0.2, -0.15) is 4.98 Å². The summed E-state index contributed by atoms with van der Waals surface area (Å²) in [6, 6.07) is 11.8. The molecule has 162 valence electrons. The number of oxazole rings is 1. The number of nitro benzene ring substituents is 1. The second kappa shape index (κ2) is 8.38. The van der Waals surface area contributed by atoms with Gasteiger partial charge in [-0.25, -0.2) is 8.42 Å². The molecule has 31 heavy (non-hydrogen) atoms. The maximum atomic E-state index is 13.4. The van der Waals surface area contributed by atoms with Gasteiger partial charge in [0.25, 0.3) is 5.69 Å². The Bertz CT molecular complexity index is 1200. The van der Waals surface area contributed by atoms with Gasteiger partial charge in [-0.3, -0.25) is 10.1 Å². The maximum absolute atomic E-state index is 13.4. The molecular formula is C21H21N3O6S. The van der Waals surface area contributed by atoms with Gasteiger partial charge in [0, 0.05) is 30.8 Å². The molecule has 3 aromatic rings. The average Bonchev–Trinajstić information content (AvgIpc) is 3.26. The van der Waals surface area contributed by atoms with Gasteiger partial charge in [-0.15, -0.1) is 0 Å². The zero-order chi connectivity index (χ0) is 22.0. The molecule has 0 atom stereocenters. The van der Waals surface area contributed by atoms with Crippen molar-refractivity contribution >= 4 is 21.4 Å². The maximum Gasteiger partial charge on any atom is 0.270 e. The van der Waals surface area contributed by atoms with E-state index in [2.05, 4.69) is 4.98 Å². The van der Waals surface area contributed by atoms with Gasteiger partial charge in [0.2, 0.25) is 26.6 Å². The Labute approximate surface area is 179 Å². The first-order valence-electron chi connectivity index (χ1n) is 9.80. The van der Waals surface area contributed by atoms with Crippen LogP contribution in [0.5, 0.6) is 5.75 Å². The first-order valence-corrected chi connectivity index (χ1v) is 11.3. The van der Waals surface area contributed by atoms with Crippen LogP contribution in [0.3, 0.4) is 0 Å². The fourth-order valence-corrected chi connectivity index (χ4v) is 4.83. The van der Waals surface area contributed by atoms with Gasteiger partial charge < -0.3 is 14.1 Å². The van der Waals surface area contributed by atoms with Gasteiger partial charge >= 0.3 is 0 Å². The molecule has 1 aliphatic heterocycles.